The Hall–Kier alpha value is -2.94. The molecule has 0 spiro atoms. The number of nitrogens with one attached hydrogen (secondary N) is 1. The summed E-state index contributed by atoms with van der Waals surface area (Å²) in [6.45, 7) is -0.0495. The third-order valence-corrected chi connectivity index (χ3v) is 4.16. The zero-order chi connectivity index (χ0) is 18.2. The van der Waals surface area contributed by atoms with Gasteiger partial charge in [0.05, 0.1) is 12.0 Å². The maximum Gasteiger partial charge on any atom is 0.342 e. The van der Waals surface area contributed by atoms with E-state index in [0.717, 1.165) is 10.9 Å². The fourth-order valence-corrected chi connectivity index (χ4v) is 2.72. The van der Waals surface area contributed by atoms with Crippen LogP contribution < -0.4 is 10.1 Å². The minimum Gasteiger partial charge on any atom is -0.496 e. The molecule has 0 aliphatic carbocycles. The van der Waals surface area contributed by atoms with E-state index >= 15 is 0 Å². The first-order valence-electron chi connectivity index (χ1n) is 7.30. The average molecular weight is 364 g/mol. The number of non-ortho nitro benzene ring substituents is 1. The number of methoxy groups -OCH3 is 1. The molecule has 0 saturated carbocycles. The van der Waals surface area contributed by atoms with E-state index in [-0.39, 0.29) is 17.0 Å². The van der Waals surface area contributed by atoms with Crippen LogP contribution in [0.4, 0.5) is 5.69 Å². The third-order valence-electron chi connectivity index (χ3n) is 3.22. The van der Waals surface area contributed by atoms with Gasteiger partial charge in [-0.3, -0.25) is 14.9 Å². The fraction of sp³-hybridized carbons (Fsp3) is 0.250. The van der Waals surface area contributed by atoms with E-state index in [1.165, 1.54) is 19.2 Å². The van der Waals surface area contributed by atoms with Crippen LogP contribution in [-0.4, -0.2) is 37.1 Å². The summed E-state index contributed by atoms with van der Waals surface area (Å²) >= 11 is 1.59. The van der Waals surface area contributed by atoms with Crippen molar-refractivity contribution < 1.29 is 24.0 Å². The van der Waals surface area contributed by atoms with Crippen LogP contribution in [0.5, 0.6) is 5.75 Å². The van der Waals surface area contributed by atoms with Crippen LogP contribution in [0.1, 0.15) is 15.2 Å². The molecule has 0 aliphatic heterocycles. The van der Waals surface area contributed by atoms with Crippen molar-refractivity contribution in [2.45, 2.75) is 6.42 Å². The SMILES string of the molecule is COc1ccc([N+](=O)[O-])cc1C(=O)OCC(=O)NCCc1cccs1. The maximum absolute atomic E-state index is 12.1. The number of nitro groups is 1. The number of esters is 1. The van der Waals surface area contributed by atoms with Gasteiger partial charge in [0.25, 0.3) is 11.6 Å². The minimum absolute atomic E-state index is 0.108. The van der Waals surface area contributed by atoms with Gasteiger partial charge in [-0.25, -0.2) is 4.79 Å². The van der Waals surface area contributed by atoms with Crippen LogP contribution >= 0.6 is 11.3 Å². The summed E-state index contributed by atoms with van der Waals surface area (Å²) in [7, 11) is 1.33. The summed E-state index contributed by atoms with van der Waals surface area (Å²) in [5.41, 5.74) is -0.378. The molecule has 1 amide bonds. The van der Waals surface area contributed by atoms with Crippen molar-refractivity contribution in [3.8, 4) is 5.75 Å². The number of nitrogens with zero attached hydrogens (tertiary/aromatic N) is 1. The van der Waals surface area contributed by atoms with E-state index in [2.05, 4.69) is 5.32 Å². The monoisotopic (exact) mass is 364 g/mol. The molecule has 0 saturated heterocycles. The largest absolute Gasteiger partial charge is 0.496 e. The molecule has 2 aromatic rings. The van der Waals surface area contributed by atoms with Gasteiger partial charge in [-0.15, -0.1) is 11.3 Å². The first kappa shape index (κ1) is 18.4. The van der Waals surface area contributed by atoms with Gasteiger partial charge in [0.1, 0.15) is 11.3 Å². The van der Waals surface area contributed by atoms with Crippen LogP contribution in [0.2, 0.25) is 0 Å². The predicted octanol–water partition coefficient (Wildman–Crippen LogP) is 2.18. The Balaban J connectivity index is 1.87. The summed E-state index contributed by atoms with van der Waals surface area (Å²) in [4.78, 5) is 35.1. The normalized spacial score (nSPS) is 10.1. The lowest BCUT2D eigenvalue weighted by molar-refractivity contribution is -0.384. The van der Waals surface area contributed by atoms with Crippen molar-refractivity contribution in [2.75, 3.05) is 20.3 Å². The number of carbonyl (C=O) groups is 2. The summed E-state index contributed by atoms with van der Waals surface area (Å²) < 4.78 is 9.90. The molecule has 0 bridgehead atoms. The van der Waals surface area contributed by atoms with E-state index < -0.39 is 23.4 Å². The predicted molar refractivity (Wildman–Crippen MR) is 91.0 cm³/mol. The molecular weight excluding hydrogens is 348 g/mol. The van der Waals surface area contributed by atoms with Gasteiger partial charge in [-0.1, -0.05) is 6.07 Å². The first-order valence-corrected chi connectivity index (χ1v) is 8.18. The second-order valence-corrected chi connectivity index (χ2v) is 5.93. The summed E-state index contributed by atoms with van der Waals surface area (Å²) in [6.07, 6.45) is 0.691. The van der Waals surface area contributed by atoms with Crippen LogP contribution in [0, 0.1) is 10.1 Å². The molecule has 0 unspecified atom stereocenters. The zero-order valence-electron chi connectivity index (χ0n) is 13.4. The lowest BCUT2D eigenvalue weighted by Gasteiger charge is -2.09. The van der Waals surface area contributed by atoms with Crippen molar-refractivity contribution in [3.05, 3.63) is 56.3 Å². The molecule has 1 aromatic carbocycles. The Labute approximate surface area is 147 Å². The van der Waals surface area contributed by atoms with Gasteiger partial charge >= 0.3 is 5.97 Å². The first-order chi connectivity index (χ1) is 12.0. The molecule has 25 heavy (non-hydrogen) atoms. The highest BCUT2D eigenvalue weighted by Crippen LogP contribution is 2.24. The Morgan fingerprint density at radius 1 is 1.32 bits per heavy atom. The molecular formula is C16H16N2O6S. The Morgan fingerprint density at radius 2 is 2.12 bits per heavy atom. The highest BCUT2D eigenvalue weighted by molar-refractivity contribution is 7.09. The lowest BCUT2D eigenvalue weighted by Crippen LogP contribution is -2.30. The van der Waals surface area contributed by atoms with Crippen molar-refractivity contribution in [1.82, 2.24) is 5.32 Å². The van der Waals surface area contributed by atoms with Crippen molar-refractivity contribution in [3.63, 3.8) is 0 Å². The van der Waals surface area contributed by atoms with E-state index in [1.807, 2.05) is 17.5 Å². The second kappa shape index (κ2) is 8.78. The van der Waals surface area contributed by atoms with E-state index in [0.29, 0.717) is 13.0 Å². The number of amides is 1. The molecule has 132 valence electrons. The molecule has 0 radical (unpaired) electrons. The van der Waals surface area contributed by atoms with Crippen LogP contribution in [0.3, 0.4) is 0 Å². The number of nitro benzene ring substituents is 1. The summed E-state index contributed by atoms with van der Waals surface area (Å²) in [5.74, 6) is -1.18. The fourth-order valence-electron chi connectivity index (χ4n) is 2.01. The molecule has 0 aliphatic rings. The third kappa shape index (κ3) is 5.28. The lowest BCUT2D eigenvalue weighted by atomic mass is 10.2. The number of ether oxygens (including phenoxy) is 2. The number of hydrogen-bond acceptors (Lipinski definition) is 7. The van der Waals surface area contributed by atoms with Gasteiger partial charge < -0.3 is 14.8 Å². The highest BCUT2D eigenvalue weighted by Gasteiger charge is 2.19. The van der Waals surface area contributed by atoms with Gasteiger partial charge in [-0.05, 0) is 23.9 Å². The molecule has 1 heterocycles. The number of thiophene rings is 1. The Kier molecular flexibility index (Phi) is 6.47. The number of rotatable bonds is 8. The molecule has 2 rings (SSSR count). The Bertz CT molecular complexity index is 760. The van der Waals surface area contributed by atoms with E-state index in [4.69, 9.17) is 9.47 Å². The number of benzene rings is 1. The van der Waals surface area contributed by atoms with Crippen LogP contribution in [-0.2, 0) is 16.0 Å². The minimum atomic E-state index is -0.867. The van der Waals surface area contributed by atoms with Crippen molar-refractivity contribution in [2.24, 2.45) is 0 Å². The maximum atomic E-state index is 12.1. The smallest absolute Gasteiger partial charge is 0.342 e. The van der Waals surface area contributed by atoms with Crippen molar-refractivity contribution >= 4 is 28.9 Å². The summed E-state index contributed by atoms with van der Waals surface area (Å²) in [6, 6.07) is 7.46. The topological polar surface area (TPSA) is 108 Å². The van der Waals surface area contributed by atoms with Crippen molar-refractivity contribution in [1.29, 1.82) is 0 Å². The molecule has 8 nitrogen and oxygen atoms in total. The van der Waals surface area contributed by atoms with Gasteiger partial charge in [-0.2, -0.15) is 0 Å². The second-order valence-electron chi connectivity index (χ2n) is 4.90. The standard InChI is InChI=1S/C16H16N2O6S/c1-23-14-5-4-11(18(21)22)9-13(14)16(20)24-10-15(19)17-7-6-12-3-2-8-25-12/h2-5,8-9H,6-7,10H2,1H3,(H,17,19). The molecule has 0 atom stereocenters. The average Bonchev–Trinajstić information content (AvgIpc) is 3.12. The quantitative estimate of drug-likeness (QED) is 0.437. The zero-order valence-corrected chi connectivity index (χ0v) is 14.2. The number of hydrogen-bond donors (Lipinski definition) is 1. The van der Waals surface area contributed by atoms with E-state index in [9.17, 15) is 19.7 Å². The molecule has 1 N–H and O–H groups in total. The summed E-state index contributed by atoms with van der Waals surface area (Å²) in [5, 5.41) is 15.4. The van der Waals surface area contributed by atoms with Gasteiger partial charge in [0.15, 0.2) is 6.61 Å². The highest BCUT2D eigenvalue weighted by atomic mass is 32.1. The van der Waals surface area contributed by atoms with Gasteiger partial charge in [0, 0.05) is 23.6 Å². The van der Waals surface area contributed by atoms with E-state index in [1.54, 1.807) is 11.3 Å². The van der Waals surface area contributed by atoms with Crippen LogP contribution in [0.25, 0.3) is 0 Å². The van der Waals surface area contributed by atoms with Gasteiger partial charge in [0.2, 0.25) is 0 Å². The molecule has 9 heteroatoms. The molecule has 0 fully saturated rings. The molecule has 1 aromatic heterocycles. The Morgan fingerprint density at radius 3 is 2.76 bits per heavy atom. The number of carbonyl (C=O) groups excluding carboxylic acids is 2. The van der Waals surface area contributed by atoms with Crippen LogP contribution in [0.15, 0.2) is 35.7 Å².